The van der Waals surface area contributed by atoms with Gasteiger partial charge in [-0.25, -0.2) is 4.98 Å². The molecular weight excluding hydrogens is 336 g/mol. The third-order valence-electron chi connectivity index (χ3n) is 3.37. The number of rotatable bonds is 4. The zero-order valence-electron chi connectivity index (χ0n) is 11.1. The molecule has 1 unspecified atom stereocenters. The predicted molar refractivity (Wildman–Crippen MR) is 84.1 cm³/mol. The van der Waals surface area contributed by atoms with Crippen molar-refractivity contribution in [2.24, 2.45) is 0 Å². The second-order valence-corrected chi connectivity index (χ2v) is 7.07. The lowest BCUT2D eigenvalue weighted by molar-refractivity contribution is 0.0944. The zero-order chi connectivity index (χ0) is 14.1. The Kier molecular flexibility index (Phi) is 3.89. The van der Waals surface area contributed by atoms with Crippen LogP contribution in [0.15, 0.2) is 34.9 Å². The predicted octanol–water partition coefficient (Wildman–Crippen LogP) is 4.27. The molecule has 1 fully saturated rings. The van der Waals surface area contributed by atoms with Gasteiger partial charge in [-0.2, -0.15) is 0 Å². The molecule has 1 aromatic carbocycles. The molecule has 2 aromatic rings. The molecule has 0 aliphatic heterocycles. The monoisotopic (exact) mass is 350 g/mol. The minimum atomic E-state index is -0.0399. The molecule has 0 saturated heterocycles. The molecule has 1 aromatic heterocycles. The van der Waals surface area contributed by atoms with E-state index in [1.54, 1.807) is 6.20 Å². The summed E-state index contributed by atoms with van der Waals surface area (Å²) >= 11 is 4.97. The van der Waals surface area contributed by atoms with Crippen molar-refractivity contribution in [1.82, 2.24) is 10.3 Å². The van der Waals surface area contributed by atoms with Gasteiger partial charge >= 0.3 is 0 Å². The fourth-order valence-electron chi connectivity index (χ4n) is 2.04. The molecule has 0 spiro atoms. The molecular formula is C15H15BrN2OS. The number of carbonyl (C=O) groups is 1. The van der Waals surface area contributed by atoms with Crippen molar-refractivity contribution in [2.45, 2.75) is 31.7 Å². The molecule has 1 N–H and O–H groups in total. The number of amides is 1. The van der Waals surface area contributed by atoms with Gasteiger partial charge in [-0.3, -0.25) is 4.79 Å². The van der Waals surface area contributed by atoms with Gasteiger partial charge < -0.3 is 5.32 Å². The van der Waals surface area contributed by atoms with Crippen LogP contribution >= 0.6 is 27.3 Å². The number of aromatic nitrogens is 1. The van der Waals surface area contributed by atoms with Gasteiger partial charge in [-0.1, -0.05) is 28.1 Å². The SMILES string of the molecule is CC(NC(=O)c1cnc(C2CC2)s1)c1cccc(Br)c1. The van der Waals surface area contributed by atoms with Gasteiger partial charge in [0, 0.05) is 10.4 Å². The van der Waals surface area contributed by atoms with Crippen molar-refractivity contribution in [2.75, 3.05) is 0 Å². The summed E-state index contributed by atoms with van der Waals surface area (Å²) in [5.41, 5.74) is 1.08. The summed E-state index contributed by atoms with van der Waals surface area (Å²) < 4.78 is 1.02. The zero-order valence-corrected chi connectivity index (χ0v) is 13.5. The normalized spacial score (nSPS) is 15.9. The summed E-state index contributed by atoms with van der Waals surface area (Å²) in [4.78, 5) is 17.3. The summed E-state index contributed by atoms with van der Waals surface area (Å²) in [6, 6.07) is 7.96. The number of hydrogen-bond donors (Lipinski definition) is 1. The third-order valence-corrected chi connectivity index (χ3v) is 5.02. The van der Waals surface area contributed by atoms with Crippen LogP contribution in [0, 0.1) is 0 Å². The first kappa shape index (κ1) is 13.8. The lowest BCUT2D eigenvalue weighted by Gasteiger charge is -2.13. The summed E-state index contributed by atoms with van der Waals surface area (Å²) in [5, 5.41) is 4.13. The van der Waals surface area contributed by atoms with Gasteiger partial charge in [-0.15, -0.1) is 11.3 Å². The maximum atomic E-state index is 12.2. The Balaban J connectivity index is 1.68. The van der Waals surface area contributed by atoms with Gasteiger partial charge in [0.25, 0.3) is 5.91 Å². The van der Waals surface area contributed by atoms with Crippen molar-refractivity contribution in [1.29, 1.82) is 0 Å². The van der Waals surface area contributed by atoms with E-state index in [2.05, 4.69) is 26.2 Å². The third kappa shape index (κ3) is 3.10. The van der Waals surface area contributed by atoms with Gasteiger partial charge in [0.15, 0.2) is 0 Å². The van der Waals surface area contributed by atoms with E-state index in [4.69, 9.17) is 0 Å². The fraction of sp³-hybridized carbons (Fsp3) is 0.333. The van der Waals surface area contributed by atoms with Crippen molar-refractivity contribution in [3.05, 3.63) is 50.4 Å². The van der Waals surface area contributed by atoms with Crippen LogP contribution in [0.1, 0.15) is 52.0 Å². The van der Waals surface area contributed by atoms with Crippen molar-refractivity contribution in [3.63, 3.8) is 0 Å². The highest BCUT2D eigenvalue weighted by Gasteiger charge is 2.27. The smallest absolute Gasteiger partial charge is 0.263 e. The van der Waals surface area contributed by atoms with Gasteiger partial charge in [-0.05, 0) is 37.5 Å². The van der Waals surface area contributed by atoms with Crippen LogP contribution in [0.25, 0.3) is 0 Å². The molecule has 104 valence electrons. The summed E-state index contributed by atoms with van der Waals surface area (Å²) in [7, 11) is 0. The molecule has 3 rings (SSSR count). The Morgan fingerprint density at radius 1 is 1.50 bits per heavy atom. The second-order valence-electron chi connectivity index (χ2n) is 5.09. The number of nitrogens with zero attached hydrogens (tertiary/aromatic N) is 1. The molecule has 1 atom stereocenters. The molecule has 3 nitrogen and oxygen atoms in total. The molecule has 0 radical (unpaired) electrons. The molecule has 5 heteroatoms. The molecule has 1 aliphatic carbocycles. The van der Waals surface area contributed by atoms with Crippen LogP contribution in [0.2, 0.25) is 0 Å². The molecule has 20 heavy (non-hydrogen) atoms. The average molecular weight is 351 g/mol. The minimum Gasteiger partial charge on any atom is -0.345 e. The maximum Gasteiger partial charge on any atom is 0.263 e. The van der Waals surface area contributed by atoms with Gasteiger partial charge in [0.2, 0.25) is 0 Å². The number of thiazole rings is 1. The van der Waals surface area contributed by atoms with Crippen molar-refractivity contribution in [3.8, 4) is 0 Å². The van der Waals surface area contributed by atoms with E-state index in [-0.39, 0.29) is 11.9 Å². The average Bonchev–Trinajstić information content (AvgIpc) is 3.16. The van der Waals surface area contributed by atoms with E-state index in [1.165, 1.54) is 24.2 Å². The van der Waals surface area contributed by atoms with E-state index in [1.807, 2.05) is 31.2 Å². The highest BCUT2D eigenvalue weighted by molar-refractivity contribution is 9.10. The summed E-state index contributed by atoms with van der Waals surface area (Å²) in [6.07, 6.45) is 4.12. The topological polar surface area (TPSA) is 42.0 Å². The van der Waals surface area contributed by atoms with Crippen molar-refractivity contribution < 1.29 is 4.79 Å². The number of halogens is 1. The Morgan fingerprint density at radius 2 is 2.30 bits per heavy atom. The van der Waals surface area contributed by atoms with E-state index in [9.17, 15) is 4.79 Å². The number of benzene rings is 1. The molecule has 1 aliphatic rings. The summed E-state index contributed by atoms with van der Waals surface area (Å²) in [5.74, 6) is 0.561. The molecule has 1 amide bonds. The highest BCUT2D eigenvalue weighted by atomic mass is 79.9. The highest BCUT2D eigenvalue weighted by Crippen LogP contribution is 2.41. The van der Waals surface area contributed by atoms with E-state index in [0.29, 0.717) is 10.8 Å². The van der Waals surface area contributed by atoms with E-state index < -0.39 is 0 Å². The summed E-state index contributed by atoms with van der Waals surface area (Å²) in [6.45, 7) is 1.99. The van der Waals surface area contributed by atoms with E-state index in [0.717, 1.165) is 15.0 Å². The van der Waals surface area contributed by atoms with Crippen LogP contribution in [-0.2, 0) is 0 Å². The Bertz CT molecular complexity index is 636. The lowest BCUT2D eigenvalue weighted by Crippen LogP contribution is -2.25. The van der Waals surface area contributed by atoms with E-state index >= 15 is 0 Å². The Hall–Kier alpha value is -1.20. The minimum absolute atomic E-state index is 0.0218. The molecule has 0 bridgehead atoms. The van der Waals surface area contributed by atoms with Crippen LogP contribution in [0.3, 0.4) is 0 Å². The van der Waals surface area contributed by atoms with Gasteiger partial charge in [0.1, 0.15) is 4.88 Å². The first-order valence-corrected chi connectivity index (χ1v) is 8.26. The number of hydrogen-bond acceptors (Lipinski definition) is 3. The van der Waals surface area contributed by atoms with Gasteiger partial charge in [0.05, 0.1) is 17.2 Å². The van der Waals surface area contributed by atoms with Crippen LogP contribution in [0.4, 0.5) is 0 Å². The van der Waals surface area contributed by atoms with Crippen LogP contribution in [0.5, 0.6) is 0 Å². The fourth-order valence-corrected chi connectivity index (χ4v) is 3.45. The first-order chi connectivity index (χ1) is 9.63. The number of nitrogens with one attached hydrogen (secondary N) is 1. The second kappa shape index (κ2) is 5.66. The Labute approximate surface area is 130 Å². The quantitative estimate of drug-likeness (QED) is 0.894. The standard InChI is InChI=1S/C15H15BrN2OS/c1-9(11-3-2-4-12(16)7-11)18-14(19)13-8-17-15(20-13)10-5-6-10/h2-4,7-10H,5-6H2,1H3,(H,18,19). The number of carbonyl (C=O) groups excluding carboxylic acids is 1. The largest absolute Gasteiger partial charge is 0.345 e. The van der Waals surface area contributed by atoms with Crippen LogP contribution < -0.4 is 5.32 Å². The van der Waals surface area contributed by atoms with Crippen LogP contribution in [-0.4, -0.2) is 10.9 Å². The first-order valence-electron chi connectivity index (χ1n) is 6.65. The molecule has 1 saturated carbocycles. The maximum absolute atomic E-state index is 12.2. The van der Waals surface area contributed by atoms with Crippen molar-refractivity contribution >= 4 is 33.2 Å². The lowest BCUT2D eigenvalue weighted by atomic mass is 10.1. The Morgan fingerprint density at radius 3 is 3.00 bits per heavy atom. The molecule has 1 heterocycles.